The number of nitrogens with two attached hydrogens (primary N) is 1. The maximum Gasteiger partial charge on any atom is 0.120 e. The molecular weight excluding hydrogens is 270 g/mol. The Kier molecular flexibility index (Phi) is 3.61. The van der Waals surface area contributed by atoms with Crippen LogP contribution in [0.2, 0.25) is 5.02 Å². The average molecular weight is 290 g/mol. The van der Waals surface area contributed by atoms with Crippen LogP contribution in [0.25, 0.3) is 10.8 Å². The highest BCUT2D eigenvalue weighted by Gasteiger charge is 2.35. The lowest BCUT2D eigenvalue weighted by atomic mass is 9.68. The predicted octanol–water partition coefficient (Wildman–Crippen LogP) is 4.36. The second kappa shape index (κ2) is 5.27. The lowest BCUT2D eigenvalue weighted by molar-refractivity contribution is 0.293. The van der Waals surface area contributed by atoms with Crippen molar-refractivity contribution in [2.24, 2.45) is 5.73 Å². The van der Waals surface area contributed by atoms with E-state index in [9.17, 15) is 5.11 Å². The lowest BCUT2D eigenvalue weighted by Gasteiger charge is -2.38. The lowest BCUT2D eigenvalue weighted by Crippen LogP contribution is -2.37. The normalized spacial score (nSPS) is 18.3. The Morgan fingerprint density at radius 2 is 1.85 bits per heavy atom. The highest BCUT2D eigenvalue weighted by molar-refractivity contribution is 6.31. The summed E-state index contributed by atoms with van der Waals surface area (Å²) in [6.45, 7) is 0.586. The first-order chi connectivity index (χ1) is 9.66. The summed E-state index contributed by atoms with van der Waals surface area (Å²) in [6.07, 6.45) is 5.73. The molecule has 0 amide bonds. The second-order valence-electron chi connectivity index (χ2n) is 5.87. The van der Waals surface area contributed by atoms with Crippen molar-refractivity contribution in [3.05, 3.63) is 40.9 Å². The molecule has 0 spiro atoms. The zero-order chi connectivity index (χ0) is 14.2. The van der Waals surface area contributed by atoms with E-state index in [0.29, 0.717) is 12.3 Å². The van der Waals surface area contributed by atoms with Gasteiger partial charge in [-0.3, -0.25) is 0 Å². The van der Waals surface area contributed by atoms with Gasteiger partial charge in [0.2, 0.25) is 0 Å². The molecule has 2 aromatic carbocycles. The largest absolute Gasteiger partial charge is 0.508 e. The first-order valence-corrected chi connectivity index (χ1v) is 7.66. The molecule has 0 heterocycles. The van der Waals surface area contributed by atoms with Crippen LogP contribution in [-0.4, -0.2) is 11.7 Å². The quantitative estimate of drug-likeness (QED) is 0.863. The third-order valence-corrected chi connectivity index (χ3v) is 4.93. The van der Waals surface area contributed by atoms with Gasteiger partial charge in [-0.05, 0) is 41.8 Å². The van der Waals surface area contributed by atoms with E-state index in [1.165, 1.54) is 19.3 Å². The summed E-state index contributed by atoms with van der Waals surface area (Å²) in [7, 11) is 0. The molecule has 106 valence electrons. The minimum absolute atomic E-state index is 0.0876. The Balaban J connectivity index is 2.25. The molecule has 2 nitrogen and oxygen atoms in total. The Morgan fingerprint density at radius 1 is 1.10 bits per heavy atom. The minimum Gasteiger partial charge on any atom is -0.508 e. The molecule has 0 aliphatic heterocycles. The number of fused-ring (bicyclic) bond motifs is 1. The molecule has 3 N–H and O–H groups in total. The van der Waals surface area contributed by atoms with Crippen molar-refractivity contribution in [2.75, 3.05) is 6.54 Å². The van der Waals surface area contributed by atoms with E-state index >= 15 is 0 Å². The second-order valence-corrected chi connectivity index (χ2v) is 6.31. The fraction of sp³-hybridized carbons (Fsp3) is 0.412. The molecule has 2 aromatic rings. The van der Waals surface area contributed by atoms with Crippen LogP contribution < -0.4 is 5.73 Å². The van der Waals surface area contributed by atoms with E-state index < -0.39 is 0 Å². The van der Waals surface area contributed by atoms with E-state index in [2.05, 4.69) is 0 Å². The van der Waals surface area contributed by atoms with Gasteiger partial charge in [-0.25, -0.2) is 0 Å². The number of benzene rings is 2. The Bertz CT molecular complexity index is 632. The number of phenolic OH excluding ortho intramolecular Hbond substituents is 1. The average Bonchev–Trinajstić information content (AvgIpc) is 2.48. The Morgan fingerprint density at radius 3 is 2.55 bits per heavy atom. The van der Waals surface area contributed by atoms with Crippen LogP contribution in [0.3, 0.4) is 0 Å². The number of hydrogen-bond donors (Lipinski definition) is 2. The minimum atomic E-state index is -0.0876. The molecule has 0 bridgehead atoms. The summed E-state index contributed by atoms with van der Waals surface area (Å²) >= 11 is 6.08. The van der Waals surface area contributed by atoms with Crippen LogP contribution in [-0.2, 0) is 5.41 Å². The van der Waals surface area contributed by atoms with Gasteiger partial charge in [-0.2, -0.15) is 0 Å². The van der Waals surface area contributed by atoms with E-state index in [0.717, 1.165) is 34.2 Å². The van der Waals surface area contributed by atoms with Crippen LogP contribution in [0, 0.1) is 0 Å². The van der Waals surface area contributed by atoms with Crippen molar-refractivity contribution in [1.82, 2.24) is 0 Å². The molecule has 1 fully saturated rings. The highest BCUT2D eigenvalue weighted by atomic mass is 35.5. The van der Waals surface area contributed by atoms with E-state index in [1.54, 1.807) is 6.07 Å². The third kappa shape index (κ3) is 2.17. The summed E-state index contributed by atoms with van der Waals surface area (Å²) in [6, 6.07) is 9.55. The molecule has 1 saturated carbocycles. The van der Waals surface area contributed by atoms with Gasteiger partial charge in [0.15, 0.2) is 0 Å². The number of hydrogen-bond acceptors (Lipinski definition) is 2. The van der Waals surface area contributed by atoms with Gasteiger partial charge in [0.25, 0.3) is 0 Å². The third-order valence-electron chi connectivity index (χ3n) is 4.69. The van der Waals surface area contributed by atoms with Crippen molar-refractivity contribution >= 4 is 22.4 Å². The highest BCUT2D eigenvalue weighted by Crippen LogP contribution is 2.45. The summed E-state index contributed by atoms with van der Waals surface area (Å²) < 4.78 is 0. The number of aromatic hydroxyl groups is 1. The van der Waals surface area contributed by atoms with Crippen LogP contribution in [0.1, 0.15) is 37.7 Å². The van der Waals surface area contributed by atoms with Gasteiger partial charge >= 0.3 is 0 Å². The van der Waals surface area contributed by atoms with Crippen molar-refractivity contribution in [2.45, 2.75) is 37.5 Å². The van der Waals surface area contributed by atoms with Crippen molar-refractivity contribution in [3.8, 4) is 5.75 Å². The van der Waals surface area contributed by atoms with Crippen LogP contribution in [0.4, 0.5) is 0 Å². The van der Waals surface area contributed by atoms with Gasteiger partial charge < -0.3 is 10.8 Å². The Hall–Kier alpha value is -1.25. The molecule has 1 aliphatic rings. The van der Waals surface area contributed by atoms with Crippen LogP contribution >= 0.6 is 11.6 Å². The predicted molar refractivity (Wildman–Crippen MR) is 84.4 cm³/mol. The van der Waals surface area contributed by atoms with Crippen LogP contribution in [0.5, 0.6) is 5.75 Å². The number of halogens is 1. The van der Waals surface area contributed by atoms with E-state index in [-0.39, 0.29) is 5.41 Å². The topological polar surface area (TPSA) is 46.2 Å². The monoisotopic (exact) mass is 289 g/mol. The van der Waals surface area contributed by atoms with Gasteiger partial charge in [-0.15, -0.1) is 0 Å². The summed E-state index contributed by atoms with van der Waals surface area (Å²) in [5.74, 6) is 0.368. The molecule has 3 rings (SSSR count). The maximum atomic E-state index is 10.4. The van der Waals surface area contributed by atoms with Gasteiger partial charge in [0, 0.05) is 22.5 Å². The molecule has 3 heteroatoms. The Labute approximate surface area is 124 Å². The molecule has 0 saturated heterocycles. The molecule has 0 unspecified atom stereocenters. The summed E-state index contributed by atoms with van der Waals surface area (Å²) in [5, 5.41) is 13.3. The van der Waals surface area contributed by atoms with E-state index in [4.69, 9.17) is 17.3 Å². The number of phenols is 1. The molecule has 0 atom stereocenters. The van der Waals surface area contributed by atoms with E-state index in [1.807, 2.05) is 24.3 Å². The van der Waals surface area contributed by atoms with Crippen molar-refractivity contribution in [3.63, 3.8) is 0 Å². The van der Waals surface area contributed by atoms with Gasteiger partial charge in [-0.1, -0.05) is 43.0 Å². The van der Waals surface area contributed by atoms with Gasteiger partial charge in [0.05, 0.1) is 0 Å². The van der Waals surface area contributed by atoms with Crippen molar-refractivity contribution in [1.29, 1.82) is 0 Å². The molecule has 0 aromatic heterocycles. The molecule has 1 aliphatic carbocycles. The van der Waals surface area contributed by atoms with Gasteiger partial charge in [0.1, 0.15) is 5.75 Å². The fourth-order valence-corrected chi connectivity index (χ4v) is 3.81. The molecular formula is C17H20ClNO. The standard InChI is InChI=1S/C17H20ClNO/c18-13-5-6-14-12(10-13)4-7-15(20)16(14)17(11-19)8-2-1-3-9-17/h4-7,10,20H,1-3,8-9,11,19H2. The smallest absolute Gasteiger partial charge is 0.120 e. The summed E-state index contributed by atoms with van der Waals surface area (Å²) in [4.78, 5) is 0. The number of rotatable bonds is 2. The zero-order valence-electron chi connectivity index (χ0n) is 11.5. The first-order valence-electron chi connectivity index (χ1n) is 7.28. The fourth-order valence-electron chi connectivity index (χ4n) is 3.63. The van der Waals surface area contributed by atoms with Crippen molar-refractivity contribution < 1.29 is 5.11 Å². The molecule has 20 heavy (non-hydrogen) atoms. The SMILES string of the molecule is NCC1(c2c(O)ccc3cc(Cl)ccc23)CCCCC1. The summed E-state index contributed by atoms with van der Waals surface area (Å²) in [5.41, 5.74) is 7.06. The molecule has 0 radical (unpaired) electrons. The van der Waals surface area contributed by atoms with Crippen LogP contribution in [0.15, 0.2) is 30.3 Å². The maximum absolute atomic E-state index is 10.4. The zero-order valence-corrected chi connectivity index (χ0v) is 12.3. The first kappa shape index (κ1) is 13.7.